The average molecular weight is 328 g/mol. The summed E-state index contributed by atoms with van der Waals surface area (Å²) in [6.07, 6.45) is 2.02. The Labute approximate surface area is 142 Å². The summed E-state index contributed by atoms with van der Waals surface area (Å²) in [6, 6.07) is 16.3. The van der Waals surface area contributed by atoms with Crippen LogP contribution in [0.25, 0.3) is 0 Å². The molecule has 0 spiro atoms. The van der Waals surface area contributed by atoms with Gasteiger partial charge in [-0.3, -0.25) is 4.79 Å². The highest BCUT2D eigenvalue weighted by Gasteiger charge is 2.09. The van der Waals surface area contributed by atoms with Gasteiger partial charge in [0.25, 0.3) is 5.91 Å². The van der Waals surface area contributed by atoms with E-state index >= 15 is 0 Å². The standard InChI is InChI=1S/C19H24N2O3/c1-14(8-9-15-6-4-3-5-7-15)21-16-10-11-17(23-2)18(12-16)24-13-19(20)22/h3-7,10-12,14,21H,8-9,13H2,1-2H3,(H2,20,22). The molecule has 0 aliphatic rings. The summed E-state index contributed by atoms with van der Waals surface area (Å²) in [5, 5.41) is 3.44. The molecule has 0 bridgehead atoms. The monoisotopic (exact) mass is 328 g/mol. The number of rotatable bonds is 9. The predicted octanol–water partition coefficient (Wildman–Crippen LogP) is 2.99. The Kier molecular flexibility index (Phi) is 6.49. The molecule has 1 atom stereocenters. The molecule has 0 aliphatic heterocycles. The lowest BCUT2D eigenvalue weighted by atomic mass is 10.1. The maximum absolute atomic E-state index is 10.9. The lowest BCUT2D eigenvalue weighted by Crippen LogP contribution is -2.20. The van der Waals surface area contributed by atoms with Crippen molar-refractivity contribution >= 4 is 11.6 Å². The number of amides is 1. The van der Waals surface area contributed by atoms with Crippen molar-refractivity contribution in [3.05, 3.63) is 54.1 Å². The number of benzene rings is 2. The minimum atomic E-state index is -0.522. The number of hydrogen-bond acceptors (Lipinski definition) is 4. The number of carbonyl (C=O) groups is 1. The Morgan fingerprint density at radius 3 is 2.58 bits per heavy atom. The first kappa shape index (κ1) is 17.7. The molecule has 128 valence electrons. The van der Waals surface area contributed by atoms with Crippen LogP contribution in [0.1, 0.15) is 18.9 Å². The minimum Gasteiger partial charge on any atom is -0.493 e. The molecule has 2 aromatic rings. The zero-order chi connectivity index (χ0) is 17.4. The van der Waals surface area contributed by atoms with E-state index in [1.807, 2.05) is 24.3 Å². The first-order valence-corrected chi connectivity index (χ1v) is 7.98. The van der Waals surface area contributed by atoms with E-state index in [-0.39, 0.29) is 6.61 Å². The average Bonchev–Trinajstić information content (AvgIpc) is 2.59. The molecule has 0 heterocycles. The third kappa shape index (κ3) is 5.50. The van der Waals surface area contributed by atoms with Gasteiger partial charge < -0.3 is 20.5 Å². The van der Waals surface area contributed by atoms with Gasteiger partial charge in [-0.2, -0.15) is 0 Å². The molecule has 2 rings (SSSR count). The van der Waals surface area contributed by atoms with Crippen molar-refractivity contribution in [2.75, 3.05) is 19.0 Å². The summed E-state index contributed by atoms with van der Waals surface area (Å²) in [7, 11) is 1.56. The van der Waals surface area contributed by atoms with Crippen LogP contribution in [0.4, 0.5) is 5.69 Å². The van der Waals surface area contributed by atoms with Crippen LogP contribution in [0.15, 0.2) is 48.5 Å². The molecule has 24 heavy (non-hydrogen) atoms. The number of hydrogen-bond donors (Lipinski definition) is 2. The molecule has 5 nitrogen and oxygen atoms in total. The van der Waals surface area contributed by atoms with Gasteiger partial charge >= 0.3 is 0 Å². The van der Waals surface area contributed by atoms with Gasteiger partial charge in [0.15, 0.2) is 18.1 Å². The summed E-state index contributed by atoms with van der Waals surface area (Å²) in [5.41, 5.74) is 7.36. The van der Waals surface area contributed by atoms with E-state index in [0.29, 0.717) is 17.5 Å². The molecule has 1 amide bonds. The Bertz CT molecular complexity index is 659. The maximum atomic E-state index is 10.9. The van der Waals surface area contributed by atoms with Gasteiger partial charge in [0.05, 0.1) is 7.11 Å². The largest absolute Gasteiger partial charge is 0.493 e. The Morgan fingerprint density at radius 1 is 1.17 bits per heavy atom. The minimum absolute atomic E-state index is 0.177. The van der Waals surface area contributed by atoms with Gasteiger partial charge in [-0.05, 0) is 37.5 Å². The molecule has 5 heteroatoms. The van der Waals surface area contributed by atoms with Crippen LogP contribution in [-0.2, 0) is 11.2 Å². The molecule has 0 aromatic heterocycles. The second-order valence-electron chi connectivity index (χ2n) is 5.69. The number of anilines is 1. The quantitative estimate of drug-likeness (QED) is 0.742. The highest BCUT2D eigenvalue weighted by Crippen LogP contribution is 2.30. The summed E-state index contributed by atoms with van der Waals surface area (Å²) in [6.45, 7) is 1.96. The van der Waals surface area contributed by atoms with E-state index in [2.05, 4.69) is 36.5 Å². The van der Waals surface area contributed by atoms with Crippen LogP contribution in [0.3, 0.4) is 0 Å². The molecular weight excluding hydrogens is 304 g/mol. The number of carbonyl (C=O) groups excluding carboxylic acids is 1. The van der Waals surface area contributed by atoms with Crippen LogP contribution in [-0.4, -0.2) is 25.7 Å². The summed E-state index contributed by atoms with van der Waals surface area (Å²) in [5.74, 6) is 0.543. The number of aryl methyl sites for hydroxylation is 1. The van der Waals surface area contributed by atoms with Crippen LogP contribution >= 0.6 is 0 Å². The van der Waals surface area contributed by atoms with Crippen LogP contribution in [0, 0.1) is 0 Å². The highest BCUT2D eigenvalue weighted by molar-refractivity contribution is 5.75. The fraction of sp³-hybridized carbons (Fsp3) is 0.316. The second kappa shape index (κ2) is 8.82. The highest BCUT2D eigenvalue weighted by atomic mass is 16.5. The van der Waals surface area contributed by atoms with E-state index in [4.69, 9.17) is 15.2 Å². The fourth-order valence-corrected chi connectivity index (χ4v) is 2.41. The Morgan fingerprint density at radius 2 is 1.92 bits per heavy atom. The smallest absolute Gasteiger partial charge is 0.255 e. The second-order valence-corrected chi connectivity index (χ2v) is 5.69. The lowest BCUT2D eigenvalue weighted by molar-refractivity contribution is -0.119. The predicted molar refractivity (Wildman–Crippen MR) is 95.5 cm³/mol. The van der Waals surface area contributed by atoms with Gasteiger partial charge in [0.2, 0.25) is 0 Å². The van der Waals surface area contributed by atoms with Gasteiger partial charge in [-0.25, -0.2) is 0 Å². The summed E-state index contributed by atoms with van der Waals surface area (Å²) < 4.78 is 10.6. The normalized spacial score (nSPS) is 11.6. The van der Waals surface area contributed by atoms with E-state index in [9.17, 15) is 4.79 Å². The maximum Gasteiger partial charge on any atom is 0.255 e. The molecular formula is C19H24N2O3. The molecule has 3 N–H and O–H groups in total. The third-order valence-corrected chi connectivity index (χ3v) is 3.66. The number of nitrogens with two attached hydrogens (primary N) is 1. The van der Waals surface area contributed by atoms with Crippen LogP contribution < -0.4 is 20.5 Å². The molecule has 0 radical (unpaired) electrons. The van der Waals surface area contributed by atoms with Gasteiger partial charge in [-0.15, -0.1) is 0 Å². The van der Waals surface area contributed by atoms with Crippen LogP contribution in [0.2, 0.25) is 0 Å². The van der Waals surface area contributed by atoms with Crippen LogP contribution in [0.5, 0.6) is 11.5 Å². The summed E-state index contributed by atoms with van der Waals surface area (Å²) in [4.78, 5) is 10.9. The molecule has 1 unspecified atom stereocenters. The topological polar surface area (TPSA) is 73.6 Å². The van der Waals surface area contributed by atoms with E-state index < -0.39 is 5.91 Å². The van der Waals surface area contributed by atoms with Crippen molar-refractivity contribution in [2.45, 2.75) is 25.8 Å². The van der Waals surface area contributed by atoms with Crippen molar-refractivity contribution in [2.24, 2.45) is 5.73 Å². The molecule has 2 aromatic carbocycles. The molecule has 0 saturated carbocycles. The van der Waals surface area contributed by atoms with Gasteiger partial charge in [0, 0.05) is 17.8 Å². The Balaban J connectivity index is 1.95. The molecule has 0 aliphatic carbocycles. The number of ether oxygens (including phenoxy) is 2. The fourth-order valence-electron chi connectivity index (χ4n) is 2.41. The van der Waals surface area contributed by atoms with Crippen molar-refractivity contribution in [1.82, 2.24) is 0 Å². The van der Waals surface area contributed by atoms with E-state index in [1.54, 1.807) is 7.11 Å². The first-order valence-electron chi connectivity index (χ1n) is 7.98. The van der Waals surface area contributed by atoms with Crippen molar-refractivity contribution in [3.8, 4) is 11.5 Å². The zero-order valence-corrected chi connectivity index (χ0v) is 14.1. The van der Waals surface area contributed by atoms with Crippen molar-refractivity contribution < 1.29 is 14.3 Å². The van der Waals surface area contributed by atoms with E-state index in [1.165, 1.54) is 5.56 Å². The zero-order valence-electron chi connectivity index (χ0n) is 14.1. The molecule has 0 saturated heterocycles. The van der Waals surface area contributed by atoms with Crippen molar-refractivity contribution in [3.63, 3.8) is 0 Å². The van der Waals surface area contributed by atoms with Crippen molar-refractivity contribution in [1.29, 1.82) is 0 Å². The number of nitrogens with one attached hydrogen (secondary N) is 1. The third-order valence-electron chi connectivity index (χ3n) is 3.66. The van der Waals surface area contributed by atoms with E-state index in [0.717, 1.165) is 18.5 Å². The Hall–Kier alpha value is -2.69. The SMILES string of the molecule is COc1ccc(NC(C)CCc2ccccc2)cc1OCC(N)=O. The van der Waals surface area contributed by atoms with Gasteiger partial charge in [0.1, 0.15) is 0 Å². The lowest BCUT2D eigenvalue weighted by Gasteiger charge is -2.17. The molecule has 0 fully saturated rings. The summed E-state index contributed by atoms with van der Waals surface area (Å²) >= 11 is 0. The number of primary amides is 1. The van der Waals surface area contributed by atoms with Gasteiger partial charge in [-0.1, -0.05) is 30.3 Å². The first-order chi connectivity index (χ1) is 11.6. The number of methoxy groups -OCH3 is 1.